The van der Waals surface area contributed by atoms with Crippen molar-refractivity contribution in [1.82, 2.24) is 14.5 Å². The molecule has 0 unspecified atom stereocenters. The van der Waals surface area contributed by atoms with Gasteiger partial charge >= 0.3 is 0 Å². The molecule has 2 aromatic rings. The zero-order valence-electron chi connectivity index (χ0n) is 19.9. The molecule has 12 heteroatoms. The van der Waals surface area contributed by atoms with Crippen LogP contribution in [-0.2, 0) is 30.9 Å². The minimum Gasteiger partial charge on any atom is -0.484 e. The number of nitrogens with zero attached hydrogens (tertiary/aromatic N) is 2. The Balaban J connectivity index is 1.67. The molecule has 3 rings (SSSR count). The Morgan fingerprint density at radius 3 is 2.39 bits per heavy atom. The van der Waals surface area contributed by atoms with Gasteiger partial charge in [-0.1, -0.05) is 12.1 Å². The fourth-order valence-corrected chi connectivity index (χ4v) is 4.98. The molecule has 0 aliphatic carbocycles. The first-order chi connectivity index (χ1) is 17.2. The van der Waals surface area contributed by atoms with Gasteiger partial charge in [0.1, 0.15) is 17.6 Å². The third-order valence-electron chi connectivity index (χ3n) is 5.64. The standard InChI is InChI=1S/C24H30FN3O7S/c1-18(24(31)26-10-13-29)28(16-19-2-4-20(25)5-3-19)23(30)17-35-21-6-8-22(9-7-21)36(32,33)27-11-14-34-15-12-27/h2-9,18,29H,10-17H2,1H3,(H,26,31)/t18-/m0/s1. The number of benzene rings is 2. The van der Waals surface area contributed by atoms with Crippen LogP contribution in [0.1, 0.15) is 12.5 Å². The van der Waals surface area contributed by atoms with Crippen LogP contribution in [0, 0.1) is 5.82 Å². The van der Waals surface area contributed by atoms with Crippen LogP contribution in [0.2, 0.25) is 0 Å². The summed E-state index contributed by atoms with van der Waals surface area (Å²) in [5.74, 6) is -1.11. The predicted octanol–water partition coefficient (Wildman–Crippen LogP) is 0.751. The average Bonchev–Trinajstić information content (AvgIpc) is 2.90. The number of sulfonamides is 1. The predicted molar refractivity (Wildman–Crippen MR) is 128 cm³/mol. The van der Waals surface area contributed by atoms with Gasteiger partial charge in [-0.2, -0.15) is 4.31 Å². The van der Waals surface area contributed by atoms with Crippen LogP contribution >= 0.6 is 0 Å². The largest absolute Gasteiger partial charge is 0.484 e. The molecule has 1 saturated heterocycles. The van der Waals surface area contributed by atoms with Crippen LogP contribution in [0.5, 0.6) is 5.75 Å². The molecule has 36 heavy (non-hydrogen) atoms. The number of hydrogen-bond acceptors (Lipinski definition) is 7. The Hall–Kier alpha value is -3.06. The monoisotopic (exact) mass is 523 g/mol. The maximum atomic E-state index is 13.3. The molecule has 0 spiro atoms. The van der Waals surface area contributed by atoms with Crippen molar-refractivity contribution in [3.8, 4) is 5.75 Å². The summed E-state index contributed by atoms with van der Waals surface area (Å²) in [6.07, 6.45) is 0. The summed E-state index contributed by atoms with van der Waals surface area (Å²) in [5.41, 5.74) is 0.615. The molecule has 1 atom stereocenters. The Morgan fingerprint density at radius 2 is 1.78 bits per heavy atom. The number of ether oxygens (including phenoxy) is 2. The first-order valence-electron chi connectivity index (χ1n) is 11.5. The lowest BCUT2D eigenvalue weighted by Gasteiger charge is -2.28. The van der Waals surface area contributed by atoms with E-state index < -0.39 is 40.3 Å². The number of morpholine rings is 1. The number of amides is 2. The van der Waals surface area contributed by atoms with E-state index in [1.807, 2.05) is 0 Å². The number of hydrogen-bond donors (Lipinski definition) is 2. The highest BCUT2D eigenvalue weighted by atomic mass is 32.2. The number of carbonyl (C=O) groups is 2. The highest BCUT2D eigenvalue weighted by molar-refractivity contribution is 7.89. The number of halogens is 1. The Morgan fingerprint density at radius 1 is 1.14 bits per heavy atom. The van der Waals surface area contributed by atoms with Crippen LogP contribution < -0.4 is 10.1 Å². The summed E-state index contributed by atoms with van der Waals surface area (Å²) in [6.45, 7) is 2.20. The maximum Gasteiger partial charge on any atom is 0.261 e. The van der Waals surface area contributed by atoms with Gasteiger partial charge in [0.25, 0.3) is 5.91 Å². The summed E-state index contributed by atoms with van der Waals surface area (Å²) in [6, 6.07) is 10.4. The fourth-order valence-electron chi connectivity index (χ4n) is 3.57. The number of aliphatic hydroxyl groups is 1. The number of carbonyl (C=O) groups excluding carboxylic acids is 2. The van der Waals surface area contributed by atoms with Gasteiger partial charge in [0.05, 0.1) is 24.7 Å². The van der Waals surface area contributed by atoms with Crippen molar-refractivity contribution in [3.05, 3.63) is 59.9 Å². The van der Waals surface area contributed by atoms with Crippen LogP contribution in [0.25, 0.3) is 0 Å². The maximum absolute atomic E-state index is 13.3. The molecule has 2 aromatic carbocycles. The molecule has 2 N–H and O–H groups in total. The van der Waals surface area contributed by atoms with E-state index in [0.29, 0.717) is 18.8 Å². The van der Waals surface area contributed by atoms with Crippen molar-refractivity contribution in [2.24, 2.45) is 0 Å². The zero-order valence-corrected chi connectivity index (χ0v) is 20.7. The second kappa shape index (κ2) is 12.8. The molecule has 1 fully saturated rings. The summed E-state index contributed by atoms with van der Waals surface area (Å²) in [5, 5.41) is 11.5. The molecular formula is C24H30FN3O7S. The molecule has 1 aliphatic heterocycles. The van der Waals surface area contributed by atoms with E-state index >= 15 is 0 Å². The Bertz CT molecular complexity index is 1120. The van der Waals surface area contributed by atoms with E-state index in [-0.39, 0.29) is 43.4 Å². The van der Waals surface area contributed by atoms with Crippen molar-refractivity contribution in [1.29, 1.82) is 0 Å². The molecular weight excluding hydrogens is 493 g/mol. The van der Waals surface area contributed by atoms with Crippen LogP contribution in [0.3, 0.4) is 0 Å². The van der Waals surface area contributed by atoms with E-state index in [4.69, 9.17) is 14.6 Å². The SMILES string of the molecule is C[C@@H](C(=O)NCCO)N(Cc1ccc(F)cc1)C(=O)COc1ccc(S(=O)(=O)N2CCOCC2)cc1. The molecule has 1 aliphatic rings. The third kappa shape index (κ3) is 7.23. The minimum absolute atomic E-state index is 0.0346. The Labute approximate surface area is 209 Å². The normalized spacial score (nSPS) is 15.2. The van der Waals surface area contributed by atoms with E-state index in [9.17, 15) is 22.4 Å². The molecule has 2 amide bonds. The first-order valence-corrected chi connectivity index (χ1v) is 12.9. The first kappa shape index (κ1) is 27.5. The smallest absolute Gasteiger partial charge is 0.261 e. The van der Waals surface area contributed by atoms with Crippen LogP contribution in [-0.4, -0.2) is 86.6 Å². The number of rotatable bonds is 11. The van der Waals surface area contributed by atoms with Gasteiger partial charge < -0.3 is 24.8 Å². The van der Waals surface area contributed by atoms with Crippen molar-refractivity contribution >= 4 is 21.8 Å². The molecule has 1 heterocycles. The number of nitrogens with one attached hydrogen (secondary N) is 1. The fraction of sp³-hybridized carbons (Fsp3) is 0.417. The van der Waals surface area contributed by atoms with Crippen LogP contribution in [0.4, 0.5) is 4.39 Å². The van der Waals surface area contributed by atoms with Gasteiger partial charge in [-0.05, 0) is 48.9 Å². The summed E-state index contributed by atoms with van der Waals surface area (Å²) in [4.78, 5) is 26.9. The van der Waals surface area contributed by atoms with Crippen LogP contribution in [0.15, 0.2) is 53.4 Å². The van der Waals surface area contributed by atoms with E-state index in [1.165, 1.54) is 57.7 Å². The van der Waals surface area contributed by atoms with Gasteiger partial charge in [-0.25, -0.2) is 12.8 Å². The summed E-state index contributed by atoms with van der Waals surface area (Å²) >= 11 is 0. The molecule has 0 bridgehead atoms. The van der Waals surface area contributed by atoms with Crippen molar-refractivity contribution in [2.75, 3.05) is 46.1 Å². The van der Waals surface area contributed by atoms with Gasteiger partial charge in [0.2, 0.25) is 15.9 Å². The van der Waals surface area contributed by atoms with Crippen molar-refractivity contribution in [2.45, 2.75) is 24.4 Å². The average molecular weight is 524 g/mol. The molecule has 10 nitrogen and oxygen atoms in total. The van der Waals surface area contributed by atoms with E-state index in [2.05, 4.69) is 5.32 Å². The molecule has 0 saturated carbocycles. The molecule has 0 radical (unpaired) electrons. The minimum atomic E-state index is -3.66. The lowest BCUT2D eigenvalue weighted by Crippen LogP contribution is -2.49. The highest BCUT2D eigenvalue weighted by Crippen LogP contribution is 2.21. The van der Waals surface area contributed by atoms with Gasteiger partial charge in [0.15, 0.2) is 6.61 Å². The lowest BCUT2D eigenvalue weighted by molar-refractivity contribution is -0.142. The highest BCUT2D eigenvalue weighted by Gasteiger charge is 2.28. The van der Waals surface area contributed by atoms with Crippen molar-refractivity contribution in [3.63, 3.8) is 0 Å². The van der Waals surface area contributed by atoms with Gasteiger partial charge in [0, 0.05) is 26.2 Å². The van der Waals surface area contributed by atoms with E-state index in [1.54, 1.807) is 6.92 Å². The third-order valence-corrected chi connectivity index (χ3v) is 7.55. The Kier molecular flexibility index (Phi) is 9.76. The summed E-state index contributed by atoms with van der Waals surface area (Å²) in [7, 11) is -3.66. The number of aliphatic hydroxyl groups excluding tert-OH is 1. The van der Waals surface area contributed by atoms with Gasteiger partial charge in [-0.3, -0.25) is 9.59 Å². The van der Waals surface area contributed by atoms with Crippen molar-refractivity contribution < 1.29 is 37.0 Å². The molecule has 0 aromatic heterocycles. The summed E-state index contributed by atoms with van der Waals surface area (Å²) < 4.78 is 50.9. The second-order valence-electron chi connectivity index (χ2n) is 8.12. The zero-order chi connectivity index (χ0) is 26.1. The second-order valence-corrected chi connectivity index (χ2v) is 10.1. The van der Waals surface area contributed by atoms with Gasteiger partial charge in [-0.15, -0.1) is 0 Å². The topological polar surface area (TPSA) is 125 Å². The molecule has 196 valence electrons. The lowest BCUT2D eigenvalue weighted by atomic mass is 10.1. The quantitative estimate of drug-likeness (QED) is 0.445. The van der Waals surface area contributed by atoms with E-state index in [0.717, 1.165) is 0 Å².